The van der Waals surface area contributed by atoms with E-state index < -0.39 is 0 Å². The molecule has 0 saturated carbocycles. The molecule has 19 aromatic rings. The molecule has 0 atom stereocenters. The molecular formula is C76H40S. The van der Waals surface area contributed by atoms with Gasteiger partial charge < -0.3 is 0 Å². The highest BCUT2D eigenvalue weighted by Gasteiger charge is 2.21. The minimum atomic E-state index is 1.25. The van der Waals surface area contributed by atoms with E-state index in [1.165, 1.54) is 194 Å². The normalized spacial score (nSPS) is 12.7. The van der Waals surface area contributed by atoms with Gasteiger partial charge >= 0.3 is 0 Å². The van der Waals surface area contributed by atoms with Crippen molar-refractivity contribution in [3.8, 4) is 44.5 Å². The maximum Gasteiger partial charge on any atom is 0.0355 e. The number of hydrogen-bond acceptors (Lipinski definition) is 1. The van der Waals surface area contributed by atoms with Gasteiger partial charge in [-0.15, -0.1) is 11.3 Å². The molecule has 0 saturated heterocycles. The quantitative estimate of drug-likeness (QED) is 0.154. The van der Waals surface area contributed by atoms with Gasteiger partial charge in [-0.2, -0.15) is 0 Å². The first-order valence-electron chi connectivity index (χ1n) is 26.9. The first-order valence-corrected chi connectivity index (χ1v) is 27.7. The van der Waals surface area contributed by atoms with Crippen LogP contribution in [0, 0.1) is 0 Å². The second-order valence-corrected chi connectivity index (χ2v) is 22.8. The van der Waals surface area contributed by atoms with Gasteiger partial charge in [0.15, 0.2) is 0 Å². The lowest BCUT2D eigenvalue weighted by Gasteiger charge is -2.18. The molecule has 0 radical (unpaired) electrons. The van der Waals surface area contributed by atoms with E-state index in [1.54, 1.807) is 0 Å². The zero-order chi connectivity index (χ0) is 49.8. The van der Waals surface area contributed by atoms with E-state index in [1.807, 2.05) is 11.3 Å². The molecule has 1 heteroatoms. The Kier molecular flexibility index (Phi) is 7.71. The van der Waals surface area contributed by atoms with Crippen LogP contribution in [0.15, 0.2) is 243 Å². The Labute approximate surface area is 445 Å². The number of fused-ring (bicyclic) bond motifs is 3. The third kappa shape index (κ3) is 5.36. The maximum absolute atomic E-state index is 2.46. The number of rotatable bonds is 4. The van der Waals surface area contributed by atoms with E-state index in [0.717, 1.165) is 0 Å². The van der Waals surface area contributed by atoms with E-state index in [-0.39, 0.29) is 0 Å². The molecule has 0 aliphatic heterocycles. The molecule has 0 spiro atoms. The summed E-state index contributed by atoms with van der Waals surface area (Å²) >= 11 is 1.89. The van der Waals surface area contributed by atoms with Crippen LogP contribution in [0.2, 0.25) is 0 Å². The van der Waals surface area contributed by atoms with Crippen molar-refractivity contribution in [3.05, 3.63) is 243 Å². The second-order valence-electron chi connectivity index (χ2n) is 21.8. The Morgan fingerprint density at radius 3 is 0.714 bits per heavy atom. The van der Waals surface area contributed by atoms with Crippen LogP contribution in [-0.2, 0) is 0 Å². The van der Waals surface area contributed by atoms with Crippen LogP contribution in [0.5, 0.6) is 0 Å². The summed E-state index contributed by atoms with van der Waals surface area (Å²) < 4.78 is 2.62. The summed E-state index contributed by atoms with van der Waals surface area (Å²) in [5, 5.41) is 34.1. The zero-order valence-corrected chi connectivity index (χ0v) is 42.3. The molecule has 77 heavy (non-hydrogen) atoms. The summed E-state index contributed by atoms with van der Waals surface area (Å²) in [6.07, 6.45) is 0. The Morgan fingerprint density at radius 1 is 0.169 bits per heavy atom. The summed E-state index contributed by atoms with van der Waals surface area (Å²) in [7, 11) is 0. The average Bonchev–Trinajstić information content (AvgIpc) is 3.87. The van der Waals surface area contributed by atoms with Crippen LogP contribution in [0.4, 0.5) is 0 Å². The van der Waals surface area contributed by atoms with E-state index >= 15 is 0 Å². The molecule has 0 fully saturated rings. The highest BCUT2D eigenvalue weighted by Crippen LogP contribution is 2.49. The first kappa shape index (κ1) is 40.7. The molecule has 0 bridgehead atoms. The van der Waals surface area contributed by atoms with Gasteiger partial charge in [0, 0.05) is 20.2 Å². The third-order valence-electron chi connectivity index (χ3n) is 18.1. The van der Waals surface area contributed by atoms with E-state index in [9.17, 15) is 0 Å². The summed E-state index contributed by atoms with van der Waals surface area (Å²) in [6.45, 7) is 0. The fraction of sp³-hybridized carbons (Fsp3) is 0. The minimum Gasteiger partial charge on any atom is -0.135 e. The molecular weight excluding hydrogens is 945 g/mol. The number of thiophene rings is 1. The van der Waals surface area contributed by atoms with Gasteiger partial charge in [0.05, 0.1) is 0 Å². The van der Waals surface area contributed by atoms with Crippen molar-refractivity contribution in [2.75, 3.05) is 0 Å². The van der Waals surface area contributed by atoms with Crippen LogP contribution >= 0.6 is 11.3 Å². The van der Waals surface area contributed by atoms with Gasteiger partial charge in [0.25, 0.3) is 0 Å². The number of hydrogen-bond donors (Lipinski definition) is 0. The molecule has 0 amide bonds. The largest absolute Gasteiger partial charge is 0.135 e. The summed E-state index contributed by atoms with van der Waals surface area (Å²) in [4.78, 5) is 0. The Bertz CT molecular complexity index is 5370. The van der Waals surface area contributed by atoms with Crippen molar-refractivity contribution in [2.45, 2.75) is 0 Å². The Hall–Kier alpha value is -9.66. The maximum atomic E-state index is 2.46. The van der Waals surface area contributed by atoms with Gasteiger partial charge in [-0.05, 0) is 198 Å². The lowest BCUT2D eigenvalue weighted by Crippen LogP contribution is -1.91. The monoisotopic (exact) mass is 984 g/mol. The topological polar surface area (TPSA) is 0 Å². The molecule has 0 aliphatic carbocycles. The van der Waals surface area contributed by atoms with Crippen LogP contribution in [0.3, 0.4) is 0 Å². The van der Waals surface area contributed by atoms with E-state index in [0.29, 0.717) is 0 Å². The molecule has 1 aromatic heterocycles. The van der Waals surface area contributed by atoms with E-state index in [4.69, 9.17) is 0 Å². The Morgan fingerprint density at radius 2 is 0.403 bits per heavy atom. The van der Waals surface area contributed by atoms with Gasteiger partial charge in [-0.25, -0.2) is 0 Å². The molecule has 0 nitrogen and oxygen atoms in total. The van der Waals surface area contributed by atoms with Crippen molar-refractivity contribution in [2.24, 2.45) is 0 Å². The number of benzene rings is 18. The summed E-state index contributed by atoms with van der Waals surface area (Å²) in [5.41, 5.74) is 10.2. The average molecular weight is 985 g/mol. The summed E-state index contributed by atoms with van der Waals surface area (Å²) in [6, 6.07) is 93.0. The van der Waals surface area contributed by atoms with Gasteiger partial charge in [-0.1, -0.05) is 218 Å². The molecule has 0 unspecified atom stereocenters. The highest BCUT2D eigenvalue weighted by atomic mass is 32.1. The highest BCUT2D eigenvalue weighted by molar-refractivity contribution is 7.25. The molecule has 18 aromatic carbocycles. The minimum absolute atomic E-state index is 1.25. The SMILES string of the molecule is c1cc2ccc3ccc(-c4ccc5ccc6c(-c7ccc8sc9ccc(-c%10ccc%11ccc%12c(-c%13ccc%14ccc%15cccc%16ccc%13c%14c%15%16)ccc%13ccc%10c%11c%13%12)cc9c8c7)ccc7ccc4c5c76)c4ccc(c1)c2c34. The predicted octanol–water partition coefficient (Wildman–Crippen LogP) is 22.3. The van der Waals surface area contributed by atoms with Crippen molar-refractivity contribution < 1.29 is 0 Å². The lowest BCUT2D eigenvalue weighted by molar-refractivity contribution is 1.70. The standard InChI is InChI=1S/C76H40S/c1-3-41-7-9-45-13-27-55(61-33-17-43(5-1)69(41)71(45)61)57-29-15-49-19-31-59-53(25-11-47-21-35-63(57)75(49)73(47)59)51-23-37-67-65(39-51)66-40-52(24-38-68(66)77-67)54-26-12-48-22-36-64-58(30-16-50-20-32-60(54)74(48)76(50)64)56-28-14-46-10-8-42-4-2-6-44-18-34-62(56)72(46)70(42)44/h1-40H. The molecule has 0 aliphatic rings. The second kappa shape index (κ2) is 14.6. The van der Waals surface area contributed by atoms with Gasteiger partial charge in [0.2, 0.25) is 0 Å². The zero-order valence-electron chi connectivity index (χ0n) is 41.5. The Balaban J connectivity index is 0.755. The van der Waals surface area contributed by atoms with E-state index in [2.05, 4.69) is 243 Å². The smallest absolute Gasteiger partial charge is 0.0355 e. The molecule has 1 heterocycles. The molecule has 19 rings (SSSR count). The third-order valence-corrected chi connectivity index (χ3v) is 19.2. The van der Waals surface area contributed by atoms with Crippen molar-refractivity contribution in [1.82, 2.24) is 0 Å². The van der Waals surface area contributed by atoms with Crippen LogP contribution in [0.25, 0.3) is 194 Å². The van der Waals surface area contributed by atoms with Crippen LogP contribution < -0.4 is 0 Å². The van der Waals surface area contributed by atoms with Crippen molar-refractivity contribution >= 4 is 161 Å². The molecule has 350 valence electrons. The van der Waals surface area contributed by atoms with Gasteiger partial charge in [0.1, 0.15) is 0 Å². The van der Waals surface area contributed by atoms with Crippen LogP contribution in [-0.4, -0.2) is 0 Å². The lowest BCUT2D eigenvalue weighted by atomic mass is 9.85. The van der Waals surface area contributed by atoms with Crippen LogP contribution in [0.1, 0.15) is 0 Å². The fourth-order valence-corrected chi connectivity index (χ4v) is 15.7. The fourth-order valence-electron chi connectivity index (χ4n) is 14.6. The van der Waals surface area contributed by atoms with Crippen molar-refractivity contribution in [1.29, 1.82) is 0 Å². The first-order chi connectivity index (χ1) is 38.1. The predicted molar refractivity (Wildman–Crippen MR) is 336 cm³/mol. The van der Waals surface area contributed by atoms with Crippen molar-refractivity contribution in [3.63, 3.8) is 0 Å². The molecule has 0 N–H and O–H groups in total. The van der Waals surface area contributed by atoms with Gasteiger partial charge in [-0.3, -0.25) is 0 Å². The summed E-state index contributed by atoms with van der Waals surface area (Å²) in [5.74, 6) is 0.